The van der Waals surface area contributed by atoms with Crippen molar-refractivity contribution in [1.29, 1.82) is 0 Å². The second-order valence-corrected chi connectivity index (χ2v) is 10.7. The molecule has 0 heterocycles. The van der Waals surface area contributed by atoms with Crippen LogP contribution in [-0.4, -0.2) is 24.3 Å². The fraction of sp³-hybridized carbons (Fsp3) is 0.897. The fourth-order valence-electron chi connectivity index (χ4n) is 5.69. The number of esters is 1. The summed E-state index contributed by atoms with van der Waals surface area (Å²) in [5.41, 5.74) is 0.284. The highest BCUT2D eigenvalue weighted by Gasteiger charge is 2.55. The van der Waals surface area contributed by atoms with Crippen molar-refractivity contribution < 1.29 is 14.3 Å². The van der Waals surface area contributed by atoms with Crippen molar-refractivity contribution in [1.82, 2.24) is 0 Å². The number of carbonyl (C=O) groups excluding carboxylic acids is 1. The lowest BCUT2D eigenvalue weighted by atomic mass is 9.93. The Balaban J connectivity index is 1.39. The van der Waals surface area contributed by atoms with Crippen molar-refractivity contribution in [3.8, 4) is 0 Å². The van der Waals surface area contributed by atoms with E-state index in [2.05, 4.69) is 13.5 Å². The molecule has 0 aliphatic heterocycles. The van der Waals surface area contributed by atoms with Crippen LogP contribution >= 0.6 is 0 Å². The molecule has 2 rings (SSSR count). The average molecular weight is 449 g/mol. The van der Waals surface area contributed by atoms with E-state index in [-0.39, 0.29) is 17.7 Å². The van der Waals surface area contributed by atoms with Crippen LogP contribution in [0.4, 0.5) is 0 Å². The van der Waals surface area contributed by atoms with Crippen LogP contribution < -0.4 is 0 Å². The summed E-state index contributed by atoms with van der Waals surface area (Å²) in [5, 5.41) is 0. The number of hydrogen-bond donors (Lipinski definition) is 0. The highest BCUT2D eigenvalue weighted by molar-refractivity contribution is 5.87. The van der Waals surface area contributed by atoms with Crippen molar-refractivity contribution >= 4 is 5.97 Å². The highest BCUT2D eigenvalue weighted by atomic mass is 16.6. The van der Waals surface area contributed by atoms with Crippen LogP contribution in [0.2, 0.25) is 0 Å². The van der Waals surface area contributed by atoms with Gasteiger partial charge in [0, 0.05) is 12.2 Å². The van der Waals surface area contributed by atoms with E-state index in [4.69, 9.17) is 9.47 Å². The Hall–Kier alpha value is -0.830. The van der Waals surface area contributed by atoms with Gasteiger partial charge in [0.25, 0.3) is 0 Å². The molecule has 3 atom stereocenters. The standard InChI is InChI=1S/C29H52O3/c1-4-5-6-7-8-9-10-11-12-13-14-15-16-17-18-19-22-31-29-21-20-26(24-29)23-27(29)32-28(30)25(2)3/h26-27H,2,4-24H2,1,3H3. The minimum Gasteiger partial charge on any atom is -0.456 e. The predicted octanol–water partition coefficient (Wildman–Crippen LogP) is 8.70. The highest BCUT2D eigenvalue weighted by Crippen LogP contribution is 2.51. The van der Waals surface area contributed by atoms with Gasteiger partial charge in [0.1, 0.15) is 11.7 Å². The monoisotopic (exact) mass is 448 g/mol. The summed E-state index contributed by atoms with van der Waals surface area (Å²) in [7, 11) is 0. The second kappa shape index (κ2) is 15.9. The lowest BCUT2D eigenvalue weighted by Gasteiger charge is -2.34. The Morgan fingerprint density at radius 3 is 1.81 bits per heavy atom. The van der Waals surface area contributed by atoms with Gasteiger partial charge in [-0.3, -0.25) is 0 Å². The van der Waals surface area contributed by atoms with Gasteiger partial charge in [0.15, 0.2) is 0 Å². The minimum atomic E-state index is -0.257. The molecular formula is C29H52O3. The SMILES string of the molecule is C=C(C)C(=O)OC1CC2CCC1(OCCCCCCCCCCCCCCCCCC)C2. The van der Waals surface area contributed by atoms with E-state index in [0.29, 0.717) is 11.5 Å². The van der Waals surface area contributed by atoms with E-state index in [1.54, 1.807) is 6.92 Å². The first-order valence-electron chi connectivity index (χ1n) is 14.1. The number of fused-ring (bicyclic) bond motifs is 2. The molecule has 2 aliphatic carbocycles. The lowest BCUT2D eigenvalue weighted by molar-refractivity contribution is -0.166. The summed E-state index contributed by atoms with van der Waals surface area (Å²) in [6.07, 6.45) is 26.4. The molecular weight excluding hydrogens is 396 g/mol. The smallest absolute Gasteiger partial charge is 0.333 e. The third-order valence-corrected chi connectivity index (χ3v) is 7.73. The van der Waals surface area contributed by atoms with E-state index in [1.165, 1.54) is 103 Å². The molecule has 2 aliphatic rings. The summed E-state index contributed by atoms with van der Waals surface area (Å²) in [5.74, 6) is 0.414. The number of rotatable bonds is 20. The third kappa shape index (κ3) is 9.98. The Kier molecular flexibility index (Phi) is 13.6. The summed E-state index contributed by atoms with van der Waals surface area (Å²) < 4.78 is 12.1. The van der Waals surface area contributed by atoms with Crippen molar-refractivity contribution in [3.05, 3.63) is 12.2 Å². The van der Waals surface area contributed by atoms with E-state index in [0.717, 1.165) is 32.3 Å². The van der Waals surface area contributed by atoms with Crippen LogP contribution in [0.1, 0.15) is 142 Å². The zero-order chi connectivity index (χ0) is 23.1. The first-order chi connectivity index (χ1) is 15.6. The maximum Gasteiger partial charge on any atom is 0.333 e. The van der Waals surface area contributed by atoms with Gasteiger partial charge in [0.2, 0.25) is 0 Å². The van der Waals surface area contributed by atoms with Crippen LogP contribution in [0, 0.1) is 5.92 Å². The zero-order valence-corrected chi connectivity index (χ0v) is 21.4. The van der Waals surface area contributed by atoms with Crippen LogP contribution in [-0.2, 0) is 14.3 Å². The van der Waals surface area contributed by atoms with Crippen molar-refractivity contribution in [3.63, 3.8) is 0 Å². The summed E-state index contributed by atoms with van der Waals surface area (Å²) in [4.78, 5) is 12.0. The van der Waals surface area contributed by atoms with Gasteiger partial charge in [-0.1, -0.05) is 110 Å². The van der Waals surface area contributed by atoms with E-state index in [9.17, 15) is 4.79 Å². The van der Waals surface area contributed by atoms with Crippen molar-refractivity contribution in [2.45, 2.75) is 154 Å². The number of hydrogen-bond acceptors (Lipinski definition) is 3. The Morgan fingerprint density at radius 1 is 0.844 bits per heavy atom. The maximum absolute atomic E-state index is 12.0. The zero-order valence-electron chi connectivity index (χ0n) is 21.4. The molecule has 186 valence electrons. The number of unbranched alkanes of at least 4 members (excludes halogenated alkanes) is 15. The van der Waals surface area contributed by atoms with Crippen LogP contribution in [0.25, 0.3) is 0 Å². The topological polar surface area (TPSA) is 35.5 Å². The molecule has 2 saturated carbocycles. The normalized spacial score (nSPS) is 24.2. The molecule has 3 unspecified atom stereocenters. The lowest BCUT2D eigenvalue weighted by Crippen LogP contribution is -2.43. The molecule has 0 aromatic rings. The largest absolute Gasteiger partial charge is 0.456 e. The first kappa shape index (κ1) is 27.4. The molecule has 0 saturated heterocycles. The first-order valence-corrected chi connectivity index (χ1v) is 14.1. The summed E-state index contributed by atoms with van der Waals surface area (Å²) in [6.45, 7) is 8.54. The second-order valence-electron chi connectivity index (χ2n) is 10.7. The van der Waals surface area contributed by atoms with Crippen LogP contribution in [0.5, 0.6) is 0 Å². The molecule has 2 bridgehead atoms. The van der Waals surface area contributed by atoms with E-state index >= 15 is 0 Å². The van der Waals surface area contributed by atoms with Gasteiger partial charge in [-0.2, -0.15) is 0 Å². The van der Waals surface area contributed by atoms with Gasteiger partial charge < -0.3 is 9.47 Å². The van der Waals surface area contributed by atoms with Gasteiger partial charge in [-0.15, -0.1) is 0 Å². The number of carbonyl (C=O) groups is 1. The number of ether oxygens (including phenoxy) is 2. The minimum absolute atomic E-state index is 0.0634. The summed E-state index contributed by atoms with van der Waals surface area (Å²) in [6, 6.07) is 0. The Morgan fingerprint density at radius 2 is 1.34 bits per heavy atom. The molecule has 3 nitrogen and oxygen atoms in total. The van der Waals surface area contributed by atoms with Crippen LogP contribution in [0.3, 0.4) is 0 Å². The molecule has 0 radical (unpaired) electrons. The predicted molar refractivity (Wildman–Crippen MR) is 135 cm³/mol. The maximum atomic E-state index is 12.0. The van der Waals surface area contributed by atoms with Gasteiger partial charge in [0.05, 0.1) is 0 Å². The Bertz CT molecular complexity index is 528. The van der Waals surface area contributed by atoms with E-state index in [1.807, 2.05) is 0 Å². The molecule has 0 aromatic heterocycles. The van der Waals surface area contributed by atoms with Crippen LogP contribution in [0.15, 0.2) is 12.2 Å². The molecule has 0 amide bonds. The third-order valence-electron chi connectivity index (χ3n) is 7.73. The quantitative estimate of drug-likeness (QED) is 0.106. The molecule has 0 spiro atoms. The van der Waals surface area contributed by atoms with Gasteiger partial charge >= 0.3 is 5.97 Å². The molecule has 32 heavy (non-hydrogen) atoms. The molecule has 0 N–H and O–H groups in total. The molecule has 2 fully saturated rings. The summed E-state index contributed by atoms with van der Waals surface area (Å²) >= 11 is 0. The van der Waals surface area contributed by atoms with Gasteiger partial charge in [-0.25, -0.2) is 4.79 Å². The molecule has 3 heteroatoms. The van der Waals surface area contributed by atoms with Crippen molar-refractivity contribution in [2.24, 2.45) is 5.92 Å². The molecule has 0 aromatic carbocycles. The van der Waals surface area contributed by atoms with Crippen molar-refractivity contribution in [2.75, 3.05) is 6.61 Å². The average Bonchev–Trinajstić information content (AvgIpc) is 3.34. The fourth-order valence-corrected chi connectivity index (χ4v) is 5.69. The van der Waals surface area contributed by atoms with Gasteiger partial charge in [-0.05, 0) is 44.9 Å². The van der Waals surface area contributed by atoms with E-state index < -0.39 is 0 Å². The Labute approximate surface area is 199 Å².